The Morgan fingerprint density at radius 3 is 2.72 bits per heavy atom. The molecule has 1 unspecified atom stereocenters. The third kappa shape index (κ3) is 5.45. The maximum atomic E-state index is 11.6. The molecule has 5 heterocycles. The van der Waals surface area contributed by atoms with E-state index in [4.69, 9.17) is 23.9 Å². The summed E-state index contributed by atoms with van der Waals surface area (Å²) in [6.45, 7) is 4.29. The van der Waals surface area contributed by atoms with Crippen LogP contribution in [0, 0.1) is 11.3 Å². The van der Waals surface area contributed by atoms with Gasteiger partial charge in [0.25, 0.3) is 0 Å². The second kappa shape index (κ2) is 11.5. The lowest BCUT2D eigenvalue weighted by molar-refractivity contribution is -0.0592. The molecule has 0 saturated carbocycles. The lowest BCUT2D eigenvalue weighted by Gasteiger charge is -2.32. The molecule has 2 fully saturated rings. The number of carboxylic acid groups (broad SMARTS) is 1. The fraction of sp³-hybridized carbons (Fsp3) is 0.333. The summed E-state index contributed by atoms with van der Waals surface area (Å²) in [5, 5.41) is 19.7. The Balaban J connectivity index is 1.01. The molecule has 2 aromatic carbocycles. The van der Waals surface area contributed by atoms with Crippen LogP contribution in [0.5, 0.6) is 5.88 Å². The Hall–Kier alpha value is -4.72. The Morgan fingerprint density at radius 2 is 1.95 bits per heavy atom. The molecule has 1 atom stereocenters. The molecule has 0 amide bonds. The van der Waals surface area contributed by atoms with Gasteiger partial charge in [0.05, 0.1) is 47.6 Å². The van der Waals surface area contributed by atoms with Crippen molar-refractivity contribution < 1.29 is 23.8 Å². The minimum absolute atomic E-state index is 0.138. The van der Waals surface area contributed by atoms with Crippen molar-refractivity contribution in [3.63, 3.8) is 0 Å². The maximum absolute atomic E-state index is 11.6. The number of hydrogen-bond acceptors (Lipinski definition) is 8. The van der Waals surface area contributed by atoms with E-state index in [0.717, 1.165) is 72.5 Å². The largest absolute Gasteiger partial charge is 0.478 e. The molecule has 5 aromatic rings. The molecule has 0 spiro atoms. The zero-order valence-electron chi connectivity index (χ0n) is 23.6. The molecule has 2 aliphatic heterocycles. The van der Waals surface area contributed by atoms with Gasteiger partial charge >= 0.3 is 5.97 Å². The number of hydrogen-bond donors (Lipinski definition) is 1. The molecule has 10 nitrogen and oxygen atoms in total. The van der Waals surface area contributed by atoms with Gasteiger partial charge in [-0.3, -0.25) is 4.90 Å². The fourth-order valence-electron chi connectivity index (χ4n) is 6.07. The first-order chi connectivity index (χ1) is 21.1. The second-order valence-corrected chi connectivity index (χ2v) is 11.2. The molecule has 0 bridgehead atoms. The van der Waals surface area contributed by atoms with Gasteiger partial charge in [-0.1, -0.05) is 12.1 Å². The van der Waals surface area contributed by atoms with Gasteiger partial charge in [0.2, 0.25) is 5.88 Å². The number of aromatic carboxylic acids is 1. The SMILES string of the molecule is N#Cc1ccc(COc2cccc(C3CCN(Cc4nc5ccc(C(=O)O)cc5n4CC4CCO4)CC3)n2)c2ccoc12. The number of nitrogens with zero attached hydrogens (tertiary/aromatic N) is 5. The number of fused-ring (bicyclic) bond motifs is 2. The van der Waals surface area contributed by atoms with E-state index in [0.29, 0.717) is 42.6 Å². The van der Waals surface area contributed by atoms with E-state index in [9.17, 15) is 15.2 Å². The van der Waals surface area contributed by atoms with Crippen molar-refractivity contribution >= 4 is 28.0 Å². The van der Waals surface area contributed by atoms with Crippen molar-refractivity contribution in [1.82, 2.24) is 19.4 Å². The number of ether oxygens (including phenoxy) is 2. The molecular formula is C33H31N5O5. The maximum Gasteiger partial charge on any atom is 0.335 e. The monoisotopic (exact) mass is 577 g/mol. The molecule has 7 rings (SSSR count). The van der Waals surface area contributed by atoms with Gasteiger partial charge in [0.15, 0.2) is 5.58 Å². The molecule has 2 saturated heterocycles. The summed E-state index contributed by atoms with van der Waals surface area (Å²) in [7, 11) is 0. The lowest BCUT2D eigenvalue weighted by Crippen LogP contribution is -2.35. The highest BCUT2D eigenvalue weighted by Gasteiger charge is 2.26. The van der Waals surface area contributed by atoms with Crippen molar-refractivity contribution in [2.75, 3.05) is 19.7 Å². The number of likely N-dealkylation sites (tertiary alicyclic amines) is 1. The molecule has 10 heteroatoms. The summed E-state index contributed by atoms with van der Waals surface area (Å²) in [4.78, 5) is 23.8. The number of benzene rings is 2. The molecule has 1 N–H and O–H groups in total. The number of imidazole rings is 1. The van der Waals surface area contributed by atoms with Crippen LogP contribution in [-0.4, -0.2) is 56.3 Å². The van der Waals surface area contributed by atoms with E-state index in [1.807, 2.05) is 24.3 Å². The first-order valence-corrected chi connectivity index (χ1v) is 14.6. The van der Waals surface area contributed by atoms with Gasteiger partial charge in [-0.25, -0.2) is 14.8 Å². The highest BCUT2D eigenvalue weighted by atomic mass is 16.5. The molecule has 3 aromatic heterocycles. The highest BCUT2D eigenvalue weighted by Crippen LogP contribution is 2.30. The highest BCUT2D eigenvalue weighted by molar-refractivity contribution is 5.92. The minimum atomic E-state index is -0.939. The summed E-state index contributed by atoms with van der Waals surface area (Å²) in [6, 6.07) is 18.7. The quantitative estimate of drug-likeness (QED) is 0.242. The van der Waals surface area contributed by atoms with Crippen molar-refractivity contribution in [3.8, 4) is 11.9 Å². The first kappa shape index (κ1) is 27.1. The van der Waals surface area contributed by atoms with E-state index in [2.05, 4.69) is 21.6 Å². The van der Waals surface area contributed by atoms with Crippen LogP contribution in [0.25, 0.3) is 22.0 Å². The van der Waals surface area contributed by atoms with E-state index >= 15 is 0 Å². The van der Waals surface area contributed by atoms with Crippen LogP contribution in [0.2, 0.25) is 0 Å². The van der Waals surface area contributed by atoms with Crippen LogP contribution in [0.4, 0.5) is 0 Å². The van der Waals surface area contributed by atoms with Gasteiger partial charge < -0.3 is 23.6 Å². The number of nitriles is 1. The number of carboxylic acids is 1. The number of furan rings is 1. The van der Waals surface area contributed by atoms with Gasteiger partial charge in [-0.2, -0.15) is 5.26 Å². The summed E-state index contributed by atoms with van der Waals surface area (Å²) >= 11 is 0. The predicted octanol–water partition coefficient (Wildman–Crippen LogP) is 5.49. The molecule has 2 aliphatic rings. The van der Waals surface area contributed by atoms with Gasteiger partial charge in [-0.05, 0) is 68.8 Å². The minimum Gasteiger partial charge on any atom is -0.478 e. The second-order valence-electron chi connectivity index (χ2n) is 11.2. The van der Waals surface area contributed by atoms with Crippen molar-refractivity contribution in [3.05, 3.63) is 89.1 Å². The molecule has 43 heavy (non-hydrogen) atoms. The number of rotatable bonds is 9. The summed E-state index contributed by atoms with van der Waals surface area (Å²) in [5.74, 6) is 0.907. The van der Waals surface area contributed by atoms with Crippen LogP contribution >= 0.6 is 0 Å². The number of carbonyl (C=O) groups is 1. The lowest BCUT2D eigenvalue weighted by atomic mass is 9.93. The van der Waals surface area contributed by atoms with Crippen molar-refractivity contribution in [2.24, 2.45) is 0 Å². The van der Waals surface area contributed by atoms with Gasteiger partial charge in [0, 0.05) is 35.2 Å². The van der Waals surface area contributed by atoms with E-state index < -0.39 is 5.97 Å². The molecule has 0 aliphatic carbocycles. The number of piperidine rings is 1. The normalized spacial score (nSPS) is 17.6. The molecule has 0 radical (unpaired) electrons. The summed E-state index contributed by atoms with van der Waals surface area (Å²) in [6.07, 6.45) is 4.67. The fourth-order valence-corrected chi connectivity index (χ4v) is 6.07. The first-order valence-electron chi connectivity index (χ1n) is 14.6. The third-order valence-electron chi connectivity index (χ3n) is 8.57. The number of pyridine rings is 1. The average molecular weight is 578 g/mol. The Labute approximate surface area is 248 Å². The van der Waals surface area contributed by atoms with Crippen molar-refractivity contribution in [2.45, 2.75) is 51.0 Å². The topological polar surface area (TPSA) is 127 Å². The molecule has 218 valence electrons. The predicted molar refractivity (Wildman–Crippen MR) is 158 cm³/mol. The Morgan fingerprint density at radius 1 is 1.09 bits per heavy atom. The van der Waals surface area contributed by atoms with Crippen LogP contribution in [0.1, 0.15) is 58.2 Å². The number of aromatic nitrogens is 3. The van der Waals surface area contributed by atoms with Gasteiger partial charge in [-0.15, -0.1) is 0 Å². The van der Waals surface area contributed by atoms with Crippen LogP contribution < -0.4 is 4.74 Å². The Bertz CT molecular complexity index is 1840. The third-order valence-corrected chi connectivity index (χ3v) is 8.57. The smallest absolute Gasteiger partial charge is 0.335 e. The van der Waals surface area contributed by atoms with Crippen LogP contribution in [0.15, 0.2) is 65.3 Å². The summed E-state index contributed by atoms with van der Waals surface area (Å²) < 4.78 is 19.4. The standard InChI is InChI=1S/C33H31N5O5/c34-17-23-4-5-24(26-11-15-42-32(23)26)20-43-31-3-1-2-27(36-31)21-8-12-37(13-9-21)19-30-35-28-7-6-22(33(39)40)16-29(28)38(30)18-25-10-14-41-25/h1-7,11,15-16,21,25H,8-10,12-14,18-20H2,(H,39,40). The van der Waals surface area contributed by atoms with Crippen LogP contribution in [0.3, 0.4) is 0 Å². The summed E-state index contributed by atoms with van der Waals surface area (Å²) in [5.41, 5.74) is 4.97. The van der Waals surface area contributed by atoms with E-state index in [-0.39, 0.29) is 11.7 Å². The zero-order chi connectivity index (χ0) is 29.3. The van der Waals surface area contributed by atoms with Crippen LogP contribution in [-0.2, 0) is 24.4 Å². The van der Waals surface area contributed by atoms with Crippen molar-refractivity contribution in [1.29, 1.82) is 5.26 Å². The Kier molecular flexibility index (Phi) is 7.27. The molecular weight excluding hydrogens is 546 g/mol. The van der Waals surface area contributed by atoms with E-state index in [1.54, 1.807) is 30.5 Å². The van der Waals surface area contributed by atoms with E-state index in [1.165, 1.54) is 0 Å². The zero-order valence-corrected chi connectivity index (χ0v) is 23.6. The van der Waals surface area contributed by atoms with Gasteiger partial charge in [0.1, 0.15) is 18.5 Å². The average Bonchev–Trinajstić information content (AvgIpc) is 3.63.